The number of aromatic nitrogens is 3. The highest BCUT2D eigenvalue weighted by Gasteiger charge is 2.25. The number of amides is 1. The van der Waals surface area contributed by atoms with Gasteiger partial charge in [-0.2, -0.15) is 10.1 Å². The van der Waals surface area contributed by atoms with E-state index in [1.54, 1.807) is 18.4 Å². The van der Waals surface area contributed by atoms with Crippen LogP contribution >= 0.6 is 11.3 Å². The van der Waals surface area contributed by atoms with Crippen molar-refractivity contribution < 1.29 is 9.53 Å². The number of benzene rings is 2. The molecule has 1 amide bonds. The van der Waals surface area contributed by atoms with Crippen LogP contribution in [-0.4, -0.2) is 58.9 Å². The minimum atomic E-state index is 0.0579. The van der Waals surface area contributed by atoms with Gasteiger partial charge in [-0.1, -0.05) is 23.5 Å². The number of carbonyl (C=O) groups is 1. The number of aryl methyl sites for hydroxylation is 2. The lowest BCUT2D eigenvalue weighted by Gasteiger charge is -2.34. The molecule has 5 rings (SSSR count). The van der Waals surface area contributed by atoms with Crippen LogP contribution in [0.3, 0.4) is 0 Å². The Labute approximate surface area is 190 Å². The third-order valence-corrected chi connectivity index (χ3v) is 7.01. The van der Waals surface area contributed by atoms with Crippen LogP contribution in [0.15, 0.2) is 48.5 Å². The zero-order valence-corrected chi connectivity index (χ0v) is 19.2. The summed E-state index contributed by atoms with van der Waals surface area (Å²) in [5, 5.41) is 5.70. The number of ether oxygens (including phenoxy) is 1. The quantitative estimate of drug-likeness (QED) is 0.472. The molecule has 0 atom stereocenters. The number of thiazole rings is 1. The van der Waals surface area contributed by atoms with Crippen molar-refractivity contribution in [1.82, 2.24) is 19.7 Å². The number of methoxy groups -OCH3 is 1. The topological polar surface area (TPSA) is 63.5 Å². The van der Waals surface area contributed by atoms with Crippen LogP contribution in [0.4, 0.5) is 5.13 Å². The van der Waals surface area contributed by atoms with Gasteiger partial charge in [0.15, 0.2) is 10.8 Å². The van der Waals surface area contributed by atoms with Crippen molar-refractivity contribution >= 4 is 32.7 Å². The molecule has 0 bridgehead atoms. The minimum Gasteiger partial charge on any atom is -0.497 e. The Kier molecular flexibility index (Phi) is 5.30. The molecular weight excluding hydrogens is 422 g/mol. The third kappa shape index (κ3) is 3.71. The van der Waals surface area contributed by atoms with Gasteiger partial charge in [0.05, 0.1) is 23.2 Å². The molecule has 1 aliphatic heterocycles. The number of piperazine rings is 1. The second kappa shape index (κ2) is 8.27. The molecule has 2 aromatic carbocycles. The summed E-state index contributed by atoms with van der Waals surface area (Å²) in [7, 11) is 1.62. The average Bonchev–Trinajstić information content (AvgIpc) is 3.39. The SMILES string of the molecule is COc1ccc(C(=O)N2CCN(c3nc4c(s3)c(C)nn4-c3cccc(C)c3)CC2)cc1. The van der Waals surface area contributed by atoms with E-state index in [4.69, 9.17) is 14.8 Å². The molecule has 4 aromatic rings. The Morgan fingerprint density at radius 3 is 2.47 bits per heavy atom. The Hall–Kier alpha value is -3.39. The largest absolute Gasteiger partial charge is 0.497 e. The summed E-state index contributed by atoms with van der Waals surface area (Å²) in [6.07, 6.45) is 0. The van der Waals surface area contributed by atoms with Gasteiger partial charge in [-0.05, 0) is 55.8 Å². The van der Waals surface area contributed by atoms with Gasteiger partial charge < -0.3 is 14.5 Å². The Morgan fingerprint density at radius 2 is 1.78 bits per heavy atom. The number of hydrogen-bond acceptors (Lipinski definition) is 6. The maximum absolute atomic E-state index is 12.9. The van der Waals surface area contributed by atoms with Gasteiger partial charge in [0.2, 0.25) is 0 Å². The maximum Gasteiger partial charge on any atom is 0.253 e. The van der Waals surface area contributed by atoms with Crippen molar-refractivity contribution in [3.8, 4) is 11.4 Å². The first-order chi connectivity index (χ1) is 15.5. The van der Waals surface area contributed by atoms with Gasteiger partial charge in [0, 0.05) is 31.7 Å². The van der Waals surface area contributed by atoms with Gasteiger partial charge in [-0.3, -0.25) is 4.79 Å². The molecule has 1 fully saturated rings. The second-order valence-corrected chi connectivity index (χ2v) is 8.97. The molecule has 0 spiro atoms. The summed E-state index contributed by atoms with van der Waals surface area (Å²) in [6, 6.07) is 15.6. The van der Waals surface area contributed by atoms with Crippen LogP contribution in [0.25, 0.3) is 16.0 Å². The van der Waals surface area contributed by atoms with E-state index >= 15 is 0 Å². The number of fused-ring (bicyclic) bond motifs is 1. The molecule has 0 unspecified atom stereocenters. The Bertz CT molecular complexity index is 1270. The van der Waals surface area contributed by atoms with Crippen molar-refractivity contribution in [2.24, 2.45) is 0 Å². The molecule has 1 saturated heterocycles. The number of anilines is 1. The van der Waals surface area contributed by atoms with Crippen molar-refractivity contribution in [1.29, 1.82) is 0 Å². The normalized spacial score (nSPS) is 14.2. The van der Waals surface area contributed by atoms with E-state index < -0.39 is 0 Å². The lowest BCUT2D eigenvalue weighted by molar-refractivity contribution is 0.0746. The van der Waals surface area contributed by atoms with Crippen molar-refractivity contribution in [3.05, 3.63) is 65.4 Å². The van der Waals surface area contributed by atoms with Gasteiger partial charge in [0.1, 0.15) is 5.75 Å². The van der Waals surface area contributed by atoms with Crippen LogP contribution in [0.5, 0.6) is 5.75 Å². The van der Waals surface area contributed by atoms with Crippen molar-refractivity contribution in [3.63, 3.8) is 0 Å². The van der Waals surface area contributed by atoms with E-state index in [1.807, 2.05) is 46.8 Å². The Balaban J connectivity index is 1.33. The molecule has 8 heteroatoms. The highest BCUT2D eigenvalue weighted by atomic mass is 32.1. The van der Waals surface area contributed by atoms with Crippen LogP contribution in [-0.2, 0) is 0 Å². The molecular formula is C24H25N5O2S. The standard InChI is InChI=1S/C24H25N5O2S/c1-16-5-4-6-19(15-16)29-22-21(17(2)26-29)32-24(25-22)28-13-11-27(12-14-28)23(30)18-7-9-20(31-3)10-8-18/h4-10,15H,11-14H2,1-3H3. The van der Waals surface area contributed by atoms with E-state index in [0.717, 1.165) is 45.7 Å². The maximum atomic E-state index is 12.9. The molecule has 1 aliphatic rings. The number of nitrogens with zero attached hydrogens (tertiary/aromatic N) is 5. The van der Waals surface area contributed by atoms with Crippen molar-refractivity contribution in [2.75, 3.05) is 38.2 Å². The van der Waals surface area contributed by atoms with E-state index in [1.165, 1.54) is 5.56 Å². The zero-order chi connectivity index (χ0) is 22.2. The van der Waals surface area contributed by atoms with Gasteiger partial charge in [-0.25, -0.2) is 4.68 Å². The fraction of sp³-hybridized carbons (Fsp3) is 0.292. The first kappa shape index (κ1) is 20.5. The monoisotopic (exact) mass is 447 g/mol. The number of hydrogen-bond donors (Lipinski definition) is 0. The zero-order valence-electron chi connectivity index (χ0n) is 18.4. The smallest absolute Gasteiger partial charge is 0.253 e. The average molecular weight is 448 g/mol. The summed E-state index contributed by atoms with van der Waals surface area (Å²) in [5.74, 6) is 0.810. The molecule has 164 valence electrons. The predicted octanol–water partition coefficient (Wildman–Crippen LogP) is 4.07. The van der Waals surface area contributed by atoms with Crippen LogP contribution in [0.2, 0.25) is 0 Å². The fourth-order valence-corrected chi connectivity index (χ4v) is 5.05. The fourth-order valence-electron chi connectivity index (χ4n) is 4.02. The van der Waals surface area contributed by atoms with E-state index in [9.17, 15) is 4.79 Å². The molecule has 2 aromatic heterocycles. The molecule has 32 heavy (non-hydrogen) atoms. The van der Waals surface area contributed by atoms with Crippen molar-refractivity contribution in [2.45, 2.75) is 13.8 Å². The minimum absolute atomic E-state index is 0.0579. The predicted molar refractivity (Wildman–Crippen MR) is 127 cm³/mol. The summed E-state index contributed by atoms with van der Waals surface area (Å²) >= 11 is 1.67. The molecule has 0 N–H and O–H groups in total. The highest BCUT2D eigenvalue weighted by molar-refractivity contribution is 7.22. The number of carbonyl (C=O) groups excluding carboxylic acids is 1. The molecule has 0 aliphatic carbocycles. The second-order valence-electron chi connectivity index (χ2n) is 7.99. The summed E-state index contributed by atoms with van der Waals surface area (Å²) in [6.45, 7) is 6.97. The lowest BCUT2D eigenvalue weighted by atomic mass is 10.1. The first-order valence-corrected chi connectivity index (χ1v) is 11.5. The summed E-state index contributed by atoms with van der Waals surface area (Å²) in [5.41, 5.74) is 4.78. The molecule has 3 heterocycles. The summed E-state index contributed by atoms with van der Waals surface area (Å²) in [4.78, 5) is 22.0. The van der Waals surface area contributed by atoms with E-state index in [-0.39, 0.29) is 5.91 Å². The summed E-state index contributed by atoms with van der Waals surface area (Å²) < 4.78 is 8.22. The van der Waals surface area contributed by atoms with Gasteiger partial charge in [-0.15, -0.1) is 0 Å². The lowest BCUT2D eigenvalue weighted by Crippen LogP contribution is -2.48. The van der Waals surface area contributed by atoms with Crippen LogP contribution in [0.1, 0.15) is 21.6 Å². The number of rotatable bonds is 4. The molecule has 0 saturated carbocycles. The van der Waals surface area contributed by atoms with Gasteiger partial charge in [0.25, 0.3) is 5.91 Å². The third-order valence-electron chi connectivity index (χ3n) is 5.80. The van der Waals surface area contributed by atoms with E-state index in [2.05, 4.69) is 30.0 Å². The molecule has 7 nitrogen and oxygen atoms in total. The van der Waals surface area contributed by atoms with E-state index in [0.29, 0.717) is 18.7 Å². The highest BCUT2D eigenvalue weighted by Crippen LogP contribution is 2.33. The van der Waals surface area contributed by atoms with Crippen LogP contribution in [0, 0.1) is 13.8 Å². The van der Waals surface area contributed by atoms with Crippen LogP contribution < -0.4 is 9.64 Å². The van der Waals surface area contributed by atoms with Gasteiger partial charge >= 0.3 is 0 Å². The Morgan fingerprint density at radius 1 is 1.03 bits per heavy atom. The first-order valence-electron chi connectivity index (χ1n) is 10.6. The molecule has 0 radical (unpaired) electrons.